The molecule has 1 amide bonds. The number of piperidine rings is 1. The lowest BCUT2D eigenvalue weighted by Gasteiger charge is -2.34. The predicted octanol–water partition coefficient (Wildman–Crippen LogP) is 8.14. The molecule has 2 aliphatic rings. The van der Waals surface area contributed by atoms with Crippen LogP contribution < -0.4 is 25.6 Å². The summed E-state index contributed by atoms with van der Waals surface area (Å²) in [5.74, 6) is -6.55. The number of benzene rings is 2. The number of alkyl halides is 9. The molecule has 0 unspecified atom stereocenters. The molecule has 1 saturated heterocycles. The maximum Gasteiger partial charge on any atom is 0.490 e. The third-order valence-corrected chi connectivity index (χ3v) is 8.89. The van der Waals surface area contributed by atoms with Crippen molar-refractivity contribution in [3.63, 3.8) is 0 Å². The average Bonchev–Trinajstić information content (AvgIpc) is 3.22. The number of hydrogen-bond donors (Lipinski definition) is 6. The number of halogens is 10. The maximum atomic E-state index is 13.3. The van der Waals surface area contributed by atoms with Crippen molar-refractivity contribution in [3.8, 4) is 11.8 Å². The van der Waals surface area contributed by atoms with Gasteiger partial charge in [0.1, 0.15) is 22.4 Å². The molecule has 4 heterocycles. The average molecular weight is 937 g/mol. The van der Waals surface area contributed by atoms with E-state index in [1.165, 1.54) is 0 Å². The van der Waals surface area contributed by atoms with Gasteiger partial charge in [-0.2, -0.15) is 49.8 Å². The lowest BCUT2D eigenvalue weighted by atomic mass is 9.92. The van der Waals surface area contributed by atoms with Crippen molar-refractivity contribution in [2.24, 2.45) is 5.92 Å². The number of carboxylic acids is 3. The van der Waals surface area contributed by atoms with Gasteiger partial charge in [-0.05, 0) is 79.1 Å². The number of anilines is 6. The number of fused-ring (bicyclic) bond motifs is 6. The fraction of sp³-hybridized carbons (Fsp3) is 0.316. The molecular formula is C38H34ClF9N8O8. The number of pyridine rings is 1. The number of aryl methyl sites for hydroxylation is 2. The van der Waals surface area contributed by atoms with Gasteiger partial charge in [0, 0.05) is 37.1 Å². The lowest BCUT2D eigenvalue weighted by molar-refractivity contribution is -0.193. The molecule has 6 N–H and O–H groups in total. The number of aromatic nitrogens is 3. The summed E-state index contributed by atoms with van der Waals surface area (Å²) < 4.78 is 101. The van der Waals surface area contributed by atoms with Crippen LogP contribution in [0.3, 0.4) is 0 Å². The molecule has 2 aromatic heterocycles. The number of carbonyl (C=O) groups excluding carboxylic acids is 1. The first-order valence-corrected chi connectivity index (χ1v) is 18.4. The standard InChI is InChI=1S/C32H31ClN8O2.3C2HF3O2/c1-43-29-4-2-3-28(25(29)16-34)41-11-9-20(10-12-41)14-30(42)39-27-8-7-23-15-22(27)6-5-21-13-24(18-35-17-21)38-32-36-19-26(33)31(37-23)40-32;3*3-2(4,5)1(6)7/h2-4,7-8,13,15,17-20H,5-6,9-12,14H2,1H3,(H,39,42)(H2,36,37,38,40);3*(H,6,7). The van der Waals surface area contributed by atoms with E-state index in [9.17, 15) is 49.6 Å². The summed E-state index contributed by atoms with van der Waals surface area (Å²) >= 11 is 6.39. The number of carboxylic acid groups (broad SMARTS) is 3. The van der Waals surface area contributed by atoms with Gasteiger partial charge in [-0.15, -0.1) is 0 Å². The van der Waals surface area contributed by atoms with Gasteiger partial charge in [-0.3, -0.25) is 9.78 Å². The fourth-order valence-electron chi connectivity index (χ4n) is 5.66. The Kier molecular flexibility index (Phi) is 17.9. The molecule has 0 aliphatic carbocycles. The van der Waals surface area contributed by atoms with E-state index in [1.807, 2.05) is 42.6 Å². The van der Waals surface area contributed by atoms with Gasteiger partial charge < -0.3 is 40.9 Å². The highest BCUT2D eigenvalue weighted by Gasteiger charge is 2.39. The van der Waals surface area contributed by atoms with Crippen LogP contribution in [-0.4, -0.2) is 92.8 Å². The van der Waals surface area contributed by atoms with Crippen LogP contribution in [0.25, 0.3) is 0 Å². The third-order valence-electron chi connectivity index (χ3n) is 8.61. The van der Waals surface area contributed by atoms with Crippen molar-refractivity contribution in [1.29, 1.82) is 5.26 Å². The van der Waals surface area contributed by atoms with Gasteiger partial charge in [0.15, 0.2) is 5.82 Å². The van der Waals surface area contributed by atoms with Crippen LogP contribution in [0, 0.1) is 17.2 Å². The monoisotopic (exact) mass is 936 g/mol. The zero-order valence-corrected chi connectivity index (χ0v) is 33.5. The molecule has 6 bridgehead atoms. The number of aliphatic carboxylic acids is 3. The van der Waals surface area contributed by atoms with E-state index in [0.717, 1.165) is 66.2 Å². The number of rotatable bonds is 5. The van der Waals surface area contributed by atoms with Gasteiger partial charge in [-0.25, -0.2) is 19.4 Å². The molecular weight excluding hydrogens is 903 g/mol. The zero-order valence-electron chi connectivity index (χ0n) is 32.7. The van der Waals surface area contributed by atoms with E-state index in [-0.39, 0.29) is 11.8 Å². The second-order valence-corrected chi connectivity index (χ2v) is 13.6. The Bertz CT molecular complexity index is 2280. The van der Waals surface area contributed by atoms with Gasteiger partial charge in [0.05, 0.1) is 30.9 Å². The molecule has 344 valence electrons. The topological polar surface area (TPSA) is 240 Å². The van der Waals surface area contributed by atoms with Crippen molar-refractivity contribution < 1.29 is 78.7 Å². The highest BCUT2D eigenvalue weighted by Crippen LogP contribution is 2.33. The Morgan fingerprint density at radius 2 is 1.45 bits per heavy atom. The number of carbonyl (C=O) groups is 4. The smallest absolute Gasteiger partial charge is 0.490 e. The number of ether oxygens (including phenoxy) is 1. The lowest BCUT2D eigenvalue weighted by Crippen LogP contribution is -2.35. The molecule has 4 aromatic rings. The van der Waals surface area contributed by atoms with Crippen molar-refractivity contribution in [2.75, 3.05) is 41.0 Å². The van der Waals surface area contributed by atoms with E-state index in [4.69, 9.17) is 46.0 Å². The highest BCUT2D eigenvalue weighted by molar-refractivity contribution is 6.32. The van der Waals surface area contributed by atoms with Crippen LogP contribution in [0.1, 0.15) is 36.0 Å². The van der Waals surface area contributed by atoms with E-state index in [1.54, 1.807) is 25.6 Å². The molecule has 2 aromatic carbocycles. The van der Waals surface area contributed by atoms with Crippen LogP contribution in [0.2, 0.25) is 5.02 Å². The Morgan fingerprint density at radius 1 is 0.859 bits per heavy atom. The van der Waals surface area contributed by atoms with Crippen molar-refractivity contribution in [1.82, 2.24) is 15.0 Å². The largest absolute Gasteiger partial charge is 0.495 e. The van der Waals surface area contributed by atoms with Crippen LogP contribution in [-0.2, 0) is 32.0 Å². The molecule has 16 nitrogen and oxygen atoms in total. The number of hydrogen-bond acceptors (Lipinski definition) is 12. The van der Waals surface area contributed by atoms with E-state index < -0.39 is 36.4 Å². The highest BCUT2D eigenvalue weighted by atomic mass is 35.5. The summed E-state index contributed by atoms with van der Waals surface area (Å²) in [7, 11) is 1.58. The molecule has 2 aliphatic heterocycles. The van der Waals surface area contributed by atoms with Crippen molar-refractivity contribution in [3.05, 3.63) is 82.8 Å². The van der Waals surface area contributed by atoms with E-state index >= 15 is 0 Å². The number of nitriles is 1. The zero-order chi connectivity index (χ0) is 48.0. The minimum absolute atomic E-state index is 0.00577. The maximum absolute atomic E-state index is 13.3. The summed E-state index contributed by atoms with van der Waals surface area (Å²) in [4.78, 5) is 55.3. The van der Waals surface area contributed by atoms with Crippen LogP contribution in [0.4, 0.5) is 74.0 Å². The predicted molar refractivity (Wildman–Crippen MR) is 209 cm³/mol. The first kappa shape index (κ1) is 51.3. The van der Waals surface area contributed by atoms with Crippen LogP contribution in [0.5, 0.6) is 5.75 Å². The first-order valence-electron chi connectivity index (χ1n) is 18.0. The molecule has 6 rings (SSSR count). The molecule has 0 saturated carbocycles. The summed E-state index contributed by atoms with van der Waals surface area (Å²) in [5.41, 5.74) is 5.87. The summed E-state index contributed by atoms with van der Waals surface area (Å²) in [6.45, 7) is 1.56. The molecule has 0 spiro atoms. The Hall–Kier alpha value is -7.10. The van der Waals surface area contributed by atoms with Crippen molar-refractivity contribution >= 4 is 69.9 Å². The van der Waals surface area contributed by atoms with Gasteiger partial charge in [0.2, 0.25) is 11.9 Å². The number of amides is 1. The van der Waals surface area contributed by atoms with E-state index in [2.05, 4.69) is 41.9 Å². The van der Waals surface area contributed by atoms with Crippen molar-refractivity contribution in [2.45, 2.75) is 50.6 Å². The quantitative estimate of drug-likeness (QED) is 0.104. The molecule has 1 fully saturated rings. The number of methoxy groups -OCH3 is 1. The molecule has 64 heavy (non-hydrogen) atoms. The first-order chi connectivity index (χ1) is 29.8. The second kappa shape index (κ2) is 22.3. The Balaban J connectivity index is 0.000000429. The number of nitrogens with one attached hydrogen (secondary N) is 3. The molecule has 0 radical (unpaired) electrons. The van der Waals surface area contributed by atoms with Crippen LogP contribution in [0.15, 0.2) is 61.1 Å². The SMILES string of the molecule is COc1cccc(N2CCC(CC(=O)Nc3ccc4cc3CCc3cncc(c3)Nc3ncc(Cl)c(n3)N4)CC2)c1C#N.O=C(O)C(F)(F)F.O=C(O)C(F)(F)F.O=C(O)C(F)(F)F. The third kappa shape index (κ3) is 16.0. The molecule has 0 atom stereocenters. The minimum atomic E-state index is -5.08. The number of nitrogens with zero attached hydrogens (tertiary/aromatic N) is 5. The summed E-state index contributed by atoms with van der Waals surface area (Å²) in [6, 6.07) is 15.8. The van der Waals surface area contributed by atoms with Crippen LogP contribution >= 0.6 is 11.6 Å². The minimum Gasteiger partial charge on any atom is -0.495 e. The normalized spacial score (nSPS) is 13.5. The summed E-state index contributed by atoms with van der Waals surface area (Å²) in [6.07, 6.45) is -6.52. The Labute approximate surface area is 360 Å². The van der Waals surface area contributed by atoms with Gasteiger partial charge in [-0.1, -0.05) is 17.7 Å². The summed E-state index contributed by atoms with van der Waals surface area (Å²) in [5, 5.41) is 41.1. The second-order valence-electron chi connectivity index (χ2n) is 13.2. The van der Waals surface area contributed by atoms with Gasteiger partial charge >= 0.3 is 36.4 Å². The fourth-order valence-corrected chi connectivity index (χ4v) is 5.80. The van der Waals surface area contributed by atoms with Gasteiger partial charge in [0.25, 0.3) is 0 Å². The Morgan fingerprint density at radius 3 is 2.00 bits per heavy atom. The molecule has 26 heteroatoms. The van der Waals surface area contributed by atoms with E-state index in [0.29, 0.717) is 40.9 Å².